The van der Waals surface area contributed by atoms with E-state index in [0.29, 0.717) is 6.04 Å². The molecule has 0 N–H and O–H groups in total. The monoisotopic (exact) mass is 180 g/mol. The molecule has 0 amide bonds. The van der Waals surface area contributed by atoms with E-state index in [1.807, 2.05) is 0 Å². The van der Waals surface area contributed by atoms with Crippen LogP contribution in [0.15, 0.2) is 9.98 Å². The first-order valence-corrected chi connectivity index (χ1v) is 5.25. The van der Waals surface area contributed by atoms with Gasteiger partial charge >= 0.3 is 0 Å². The number of nitrogens with zero attached hydrogens (tertiary/aromatic N) is 2. The van der Waals surface area contributed by atoms with Crippen molar-refractivity contribution in [1.29, 1.82) is 0 Å². The third-order valence-electron chi connectivity index (χ3n) is 2.20. The molecule has 2 heteroatoms. The maximum Gasteiger partial charge on any atom is 0.0900 e. The Labute approximate surface area is 81.2 Å². The van der Waals surface area contributed by atoms with E-state index in [2.05, 4.69) is 36.8 Å². The van der Waals surface area contributed by atoms with E-state index in [-0.39, 0.29) is 5.54 Å². The zero-order valence-corrected chi connectivity index (χ0v) is 9.01. The summed E-state index contributed by atoms with van der Waals surface area (Å²) in [7, 11) is 0. The summed E-state index contributed by atoms with van der Waals surface area (Å²) in [5, 5.41) is 0. The van der Waals surface area contributed by atoms with Gasteiger partial charge in [-0.15, -0.1) is 0 Å². The minimum Gasteiger partial charge on any atom is -0.222 e. The van der Waals surface area contributed by atoms with Gasteiger partial charge in [-0.2, -0.15) is 0 Å². The molecule has 1 aliphatic rings. The van der Waals surface area contributed by atoms with Crippen LogP contribution >= 0.6 is 0 Å². The van der Waals surface area contributed by atoms with Crippen LogP contribution in [-0.4, -0.2) is 17.6 Å². The maximum atomic E-state index is 4.35. The molecule has 0 saturated heterocycles. The van der Waals surface area contributed by atoms with E-state index < -0.39 is 0 Å². The molecule has 74 valence electrons. The predicted molar refractivity (Wildman–Crippen MR) is 56.5 cm³/mol. The SMILES string of the molecule is CC(C)(C)N=C=NC1CCCCC1. The van der Waals surface area contributed by atoms with Crippen molar-refractivity contribution in [3.8, 4) is 0 Å². The van der Waals surface area contributed by atoms with Crippen molar-refractivity contribution in [3.05, 3.63) is 0 Å². The highest BCUT2D eigenvalue weighted by Crippen LogP contribution is 2.19. The van der Waals surface area contributed by atoms with Crippen LogP contribution in [0.5, 0.6) is 0 Å². The number of hydrogen-bond acceptors (Lipinski definition) is 2. The highest BCUT2D eigenvalue weighted by Gasteiger charge is 2.11. The van der Waals surface area contributed by atoms with Crippen LogP contribution in [0.3, 0.4) is 0 Å². The molecule has 1 saturated carbocycles. The standard InChI is InChI=1S/C11H20N2/c1-11(2,3)13-9-12-10-7-5-4-6-8-10/h10H,4-8H2,1-3H3. The van der Waals surface area contributed by atoms with Gasteiger partial charge in [-0.3, -0.25) is 0 Å². The second kappa shape index (κ2) is 4.57. The molecular formula is C11H20N2. The van der Waals surface area contributed by atoms with Crippen LogP contribution < -0.4 is 0 Å². The van der Waals surface area contributed by atoms with Gasteiger partial charge in [-0.25, -0.2) is 9.98 Å². The van der Waals surface area contributed by atoms with Gasteiger partial charge in [0.25, 0.3) is 0 Å². The molecule has 13 heavy (non-hydrogen) atoms. The Hall–Kier alpha value is -0.620. The molecule has 0 bridgehead atoms. The fraction of sp³-hybridized carbons (Fsp3) is 0.909. The van der Waals surface area contributed by atoms with Crippen LogP contribution in [0.2, 0.25) is 0 Å². The zero-order valence-electron chi connectivity index (χ0n) is 9.01. The second-order valence-corrected chi connectivity index (χ2v) is 4.80. The highest BCUT2D eigenvalue weighted by molar-refractivity contribution is 5.42. The molecule has 0 aromatic rings. The summed E-state index contributed by atoms with van der Waals surface area (Å²) in [6, 6.07) is 3.34. The van der Waals surface area contributed by atoms with Crippen LogP contribution in [0.4, 0.5) is 0 Å². The highest BCUT2D eigenvalue weighted by atomic mass is 14.9. The average Bonchev–Trinajstić information content (AvgIpc) is 2.04. The molecule has 1 rings (SSSR count). The van der Waals surface area contributed by atoms with E-state index in [1.165, 1.54) is 32.1 Å². The zero-order chi connectivity index (χ0) is 9.73. The van der Waals surface area contributed by atoms with Crippen LogP contribution in [0.1, 0.15) is 52.9 Å². The van der Waals surface area contributed by atoms with E-state index in [1.54, 1.807) is 0 Å². The maximum absolute atomic E-state index is 4.35. The Bertz CT molecular complexity index is 201. The molecule has 0 aliphatic heterocycles. The van der Waals surface area contributed by atoms with E-state index in [9.17, 15) is 0 Å². The molecule has 0 aromatic carbocycles. The molecule has 0 atom stereocenters. The predicted octanol–water partition coefficient (Wildman–Crippen LogP) is 3.29. The lowest BCUT2D eigenvalue weighted by Gasteiger charge is -2.15. The normalized spacial score (nSPS) is 19.3. The lowest BCUT2D eigenvalue weighted by molar-refractivity contribution is 0.444. The largest absolute Gasteiger partial charge is 0.222 e. The van der Waals surface area contributed by atoms with E-state index in [4.69, 9.17) is 0 Å². The molecule has 2 nitrogen and oxygen atoms in total. The molecule has 0 radical (unpaired) electrons. The molecule has 0 heterocycles. The van der Waals surface area contributed by atoms with Crippen molar-refractivity contribution < 1.29 is 0 Å². The van der Waals surface area contributed by atoms with Crippen LogP contribution in [0.25, 0.3) is 0 Å². The summed E-state index contributed by atoms with van der Waals surface area (Å²) in [5.41, 5.74) is -0.0296. The molecule has 0 aromatic heterocycles. The fourth-order valence-electron chi connectivity index (χ4n) is 1.47. The second-order valence-electron chi connectivity index (χ2n) is 4.80. The minimum absolute atomic E-state index is 0.0296. The average molecular weight is 180 g/mol. The summed E-state index contributed by atoms with van der Waals surface area (Å²) >= 11 is 0. The lowest BCUT2D eigenvalue weighted by Crippen LogP contribution is -2.10. The third-order valence-corrected chi connectivity index (χ3v) is 2.20. The van der Waals surface area contributed by atoms with Gasteiger partial charge in [-0.1, -0.05) is 19.3 Å². The van der Waals surface area contributed by atoms with Crippen molar-refractivity contribution in [1.82, 2.24) is 0 Å². The quantitative estimate of drug-likeness (QED) is 0.553. The summed E-state index contributed by atoms with van der Waals surface area (Å²) in [4.78, 5) is 8.59. The first kappa shape index (κ1) is 10.5. The molecule has 0 unspecified atom stereocenters. The molecule has 1 fully saturated rings. The number of aliphatic imine (C=N–C) groups is 2. The summed E-state index contributed by atoms with van der Waals surface area (Å²) in [6.45, 7) is 6.20. The lowest BCUT2D eigenvalue weighted by atomic mass is 9.96. The molecule has 0 spiro atoms. The smallest absolute Gasteiger partial charge is 0.0900 e. The van der Waals surface area contributed by atoms with E-state index in [0.717, 1.165) is 0 Å². The van der Waals surface area contributed by atoms with Gasteiger partial charge in [0.05, 0.1) is 17.6 Å². The van der Waals surface area contributed by atoms with Gasteiger partial charge in [0.1, 0.15) is 0 Å². The first-order valence-electron chi connectivity index (χ1n) is 5.25. The fourth-order valence-corrected chi connectivity index (χ4v) is 1.47. The van der Waals surface area contributed by atoms with Crippen molar-refractivity contribution in [2.75, 3.05) is 0 Å². The Balaban J connectivity index is 2.42. The van der Waals surface area contributed by atoms with Gasteiger partial charge in [0.2, 0.25) is 0 Å². The van der Waals surface area contributed by atoms with Crippen LogP contribution in [0, 0.1) is 0 Å². The van der Waals surface area contributed by atoms with Gasteiger partial charge in [0.15, 0.2) is 0 Å². The van der Waals surface area contributed by atoms with Crippen molar-refractivity contribution >= 4 is 6.01 Å². The Morgan fingerprint density at radius 2 is 1.69 bits per heavy atom. The number of rotatable bonds is 1. The molecule has 1 aliphatic carbocycles. The van der Waals surface area contributed by atoms with Crippen molar-refractivity contribution in [3.63, 3.8) is 0 Å². The first-order chi connectivity index (χ1) is 6.08. The number of hydrogen-bond donors (Lipinski definition) is 0. The Morgan fingerprint density at radius 1 is 1.08 bits per heavy atom. The topological polar surface area (TPSA) is 24.7 Å². The van der Waals surface area contributed by atoms with E-state index >= 15 is 0 Å². The Kier molecular flexibility index (Phi) is 3.68. The van der Waals surface area contributed by atoms with Gasteiger partial charge in [0, 0.05) is 0 Å². The summed E-state index contributed by atoms with van der Waals surface area (Å²) in [5.74, 6) is 0. The van der Waals surface area contributed by atoms with Crippen molar-refractivity contribution in [2.24, 2.45) is 9.98 Å². The third kappa shape index (κ3) is 4.84. The summed E-state index contributed by atoms with van der Waals surface area (Å²) in [6.07, 6.45) is 6.48. The summed E-state index contributed by atoms with van der Waals surface area (Å²) < 4.78 is 0. The van der Waals surface area contributed by atoms with Gasteiger partial charge < -0.3 is 0 Å². The van der Waals surface area contributed by atoms with Gasteiger partial charge in [-0.05, 0) is 33.6 Å². The van der Waals surface area contributed by atoms with Crippen molar-refractivity contribution in [2.45, 2.75) is 64.5 Å². The molecular weight excluding hydrogens is 160 g/mol. The Morgan fingerprint density at radius 3 is 2.23 bits per heavy atom. The minimum atomic E-state index is -0.0296. The van der Waals surface area contributed by atoms with Crippen LogP contribution in [-0.2, 0) is 0 Å².